The van der Waals surface area contributed by atoms with Crippen LogP contribution in [0.3, 0.4) is 0 Å². The molecule has 0 radical (unpaired) electrons. The molecule has 0 amide bonds. The average molecular weight is 246 g/mol. The van der Waals surface area contributed by atoms with E-state index >= 15 is 0 Å². The molecule has 1 aromatic carbocycles. The predicted octanol–water partition coefficient (Wildman–Crippen LogP) is 3.48. The van der Waals surface area contributed by atoms with E-state index in [1.165, 1.54) is 0 Å². The van der Waals surface area contributed by atoms with E-state index < -0.39 is 6.10 Å². The summed E-state index contributed by atoms with van der Waals surface area (Å²) in [7, 11) is 0. The van der Waals surface area contributed by atoms with Crippen LogP contribution in [0.25, 0.3) is 0 Å². The Morgan fingerprint density at radius 1 is 1.33 bits per heavy atom. The quantitative estimate of drug-likeness (QED) is 0.827. The second-order valence-electron chi connectivity index (χ2n) is 5.56. The minimum atomic E-state index is -0.531. The maximum Gasteiger partial charge on any atom is 0.149 e. The molecule has 2 nitrogen and oxygen atoms in total. The fourth-order valence-electron chi connectivity index (χ4n) is 1.53. The van der Waals surface area contributed by atoms with Gasteiger partial charge in [0.15, 0.2) is 0 Å². The van der Waals surface area contributed by atoms with Gasteiger partial charge in [-0.15, -0.1) is 0 Å². The highest BCUT2D eigenvalue weighted by atomic mass is 16.5. The third kappa shape index (κ3) is 4.81. The van der Waals surface area contributed by atoms with E-state index in [1.54, 1.807) is 6.92 Å². The molecule has 1 atom stereocenters. The van der Waals surface area contributed by atoms with Gasteiger partial charge in [-0.3, -0.25) is 0 Å². The van der Waals surface area contributed by atoms with Crippen molar-refractivity contribution in [3.63, 3.8) is 0 Å². The lowest BCUT2D eigenvalue weighted by Crippen LogP contribution is -2.03. The molecule has 0 aliphatic heterocycles. The third-order valence-electron chi connectivity index (χ3n) is 2.38. The molecule has 1 rings (SSSR count). The van der Waals surface area contributed by atoms with Crippen LogP contribution in [-0.4, -0.2) is 11.7 Å². The molecule has 98 valence electrons. The number of hydrogen-bond acceptors (Lipinski definition) is 2. The highest BCUT2D eigenvalue weighted by Gasteiger charge is 2.09. The van der Waals surface area contributed by atoms with Gasteiger partial charge in [-0.25, -0.2) is 0 Å². The van der Waals surface area contributed by atoms with Crippen molar-refractivity contribution in [3.8, 4) is 17.6 Å². The monoisotopic (exact) mass is 246 g/mol. The van der Waals surface area contributed by atoms with Crippen LogP contribution in [0.1, 0.15) is 44.9 Å². The first kappa shape index (κ1) is 14.6. The smallest absolute Gasteiger partial charge is 0.149 e. The number of aliphatic hydroxyl groups is 1. The van der Waals surface area contributed by atoms with Crippen molar-refractivity contribution >= 4 is 0 Å². The zero-order valence-electron chi connectivity index (χ0n) is 11.9. The number of aryl methyl sites for hydroxylation is 1. The van der Waals surface area contributed by atoms with Crippen LogP contribution in [-0.2, 0) is 0 Å². The van der Waals surface area contributed by atoms with E-state index in [0.717, 1.165) is 11.1 Å². The van der Waals surface area contributed by atoms with Crippen molar-refractivity contribution < 1.29 is 9.84 Å². The number of hydrogen-bond donors (Lipinski definition) is 1. The zero-order valence-corrected chi connectivity index (χ0v) is 11.9. The van der Waals surface area contributed by atoms with Gasteiger partial charge in [0.2, 0.25) is 0 Å². The van der Waals surface area contributed by atoms with Crippen LogP contribution in [0.15, 0.2) is 18.2 Å². The largest absolute Gasteiger partial charge is 0.481 e. The number of rotatable bonds is 3. The van der Waals surface area contributed by atoms with Gasteiger partial charge >= 0.3 is 0 Å². The predicted molar refractivity (Wildman–Crippen MR) is 74.5 cm³/mol. The molecular formula is C16H22O2. The molecule has 0 bridgehead atoms. The molecular weight excluding hydrogens is 224 g/mol. The van der Waals surface area contributed by atoms with Gasteiger partial charge in [0, 0.05) is 11.0 Å². The van der Waals surface area contributed by atoms with Crippen LogP contribution in [0.2, 0.25) is 0 Å². The Morgan fingerprint density at radius 3 is 2.56 bits per heavy atom. The molecule has 0 heterocycles. The Morgan fingerprint density at radius 2 is 2.00 bits per heavy atom. The third-order valence-corrected chi connectivity index (χ3v) is 2.38. The average Bonchev–Trinajstić information content (AvgIpc) is 2.22. The van der Waals surface area contributed by atoms with Gasteiger partial charge in [0.05, 0.1) is 6.10 Å². The summed E-state index contributed by atoms with van der Waals surface area (Å²) in [5.41, 5.74) is 1.90. The summed E-state index contributed by atoms with van der Waals surface area (Å²) in [6.45, 7) is 10.3. The van der Waals surface area contributed by atoms with Crippen LogP contribution in [0.4, 0.5) is 0 Å². The molecule has 0 aliphatic carbocycles. The first-order valence-corrected chi connectivity index (χ1v) is 6.21. The molecule has 1 N–H and O–H groups in total. The Labute approximate surface area is 110 Å². The SMILES string of the molecule is Cc1ccc(C(C)O)c(OCC#CC(C)(C)C)c1. The van der Waals surface area contributed by atoms with Gasteiger partial charge in [-0.1, -0.05) is 24.0 Å². The van der Waals surface area contributed by atoms with Crippen LogP contribution in [0.5, 0.6) is 5.75 Å². The summed E-state index contributed by atoms with van der Waals surface area (Å²) in [6.07, 6.45) is -0.531. The van der Waals surface area contributed by atoms with E-state index in [4.69, 9.17) is 4.74 Å². The molecule has 2 heteroatoms. The molecule has 1 unspecified atom stereocenters. The minimum absolute atomic E-state index is 0.0108. The van der Waals surface area contributed by atoms with Gasteiger partial charge < -0.3 is 9.84 Å². The van der Waals surface area contributed by atoms with Gasteiger partial charge in [0.25, 0.3) is 0 Å². The lowest BCUT2D eigenvalue weighted by Gasteiger charge is -2.13. The van der Waals surface area contributed by atoms with Crippen molar-refractivity contribution in [3.05, 3.63) is 29.3 Å². The van der Waals surface area contributed by atoms with Crippen molar-refractivity contribution in [2.75, 3.05) is 6.61 Å². The van der Waals surface area contributed by atoms with Crippen molar-refractivity contribution in [2.24, 2.45) is 5.41 Å². The standard InChI is InChI=1S/C16H22O2/c1-12-7-8-14(13(2)17)15(11-12)18-10-6-9-16(3,4)5/h7-8,11,13,17H,10H2,1-5H3. The number of aliphatic hydroxyl groups excluding tert-OH is 1. The molecule has 0 fully saturated rings. The molecule has 0 aliphatic rings. The van der Waals surface area contributed by atoms with Crippen molar-refractivity contribution in [2.45, 2.75) is 40.7 Å². The number of ether oxygens (including phenoxy) is 1. The van der Waals surface area contributed by atoms with Crippen LogP contribution < -0.4 is 4.74 Å². The van der Waals surface area contributed by atoms with E-state index in [9.17, 15) is 5.11 Å². The van der Waals surface area contributed by atoms with Crippen LogP contribution >= 0.6 is 0 Å². The zero-order chi connectivity index (χ0) is 13.8. The Kier molecular flexibility index (Phi) is 4.81. The molecule has 0 spiro atoms. The van der Waals surface area contributed by atoms with Crippen molar-refractivity contribution in [1.82, 2.24) is 0 Å². The summed E-state index contributed by atoms with van der Waals surface area (Å²) in [6, 6.07) is 5.79. The summed E-state index contributed by atoms with van der Waals surface area (Å²) in [5, 5.41) is 9.67. The summed E-state index contributed by atoms with van der Waals surface area (Å²) >= 11 is 0. The Bertz CT molecular complexity index is 456. The van der Waals surface area contributed by atoms with Gasteiger partial charge in [-0.2, -0.15) is 0 Å². The molecule has 0 aromatic heterocycles. The van der Waals surface area contributed by atoms with Gasteiger partial charge in [0.1, 0.15) is 12.4 Å². The fraction of sp³-hybridized carbons (Fsp3) is 0.500. The van der Waals surface area contributed by atoms with Gasteiger partial charge in [-0.05, 0) is 46.2 Å². The highest BCUT2D eigenvalue weighted by Crippen LogP contribution is 2.26. The first-order valence-electron chi connectivity index (χ1n) is 6.21. The van der Waals surface area contributed by atoms with E-state index in [2.05, 4.69) is 32.6 Å². The van der Waals surface area contributed by atoms with Crippen LogP contribution in [0, 0.1) is 24.2 Å². The first-order chi connectivity index (χ1) is 8.29. The second kappa shape index (κ2) is 5.93. The van der Waals surface area contributed by atoms with E-state index in [1.807, 2.05) is 25.1 Å². The Balaban J connectivity index is 2.77. The second-order valence-corrected chi connectivity index (χ2v) is 5.56. The lowest BCUT2D eigenvalue weighted by molar-refractivity contribution is 0.193. The van der Waals surface area contributed by atoms with E-state index in [0.29, 0.717) is 12.4 Å². The maximum atomic E-state index is 9.67. The highest BCUT2D eigenvalue weighted by molar-refractivity contribution is 5.38. The van der Waals surface area contributed by atoms with Crippen molar-refractivity contribution in [1.29, 1.82) is 0 Å². The summed E-state index contributed by atoms with van der Waals surface area (Å²) in [4.78, 5) is 0. The minimum Gasteiger partial charge on any atom is -0.481 e. The normalized spacial score (nSPS) is 12.6. The molecule has 18 heavy (non-hydrogen) atoms. The molecule has 0 saturated carbocycles. The number of benzene rings is 1. The van der Waals surface area contributed by atoms with E-state index in [-0.39, 0.29) is 5.41 Å². The Hall–Kier alpha value is -1.46. The topological polar surface area (TPSA) is 29.5 Å². The molecule has 0 saturated heterocycles. The lowest BCUT2D eigenvalue weighted by atomic mass is 9.98. The summed E-state index contributed by atoms with van der Waals surface area (Å²) < 4.78 is 5.64. The maximum absolute atomic E-state index is 9.67. The molecule has 1 aromatic rings. The summed E-state index contributed by atoms with van der Waals surface area (Å²) in [5.74, 6) is 6.84. The fourth-order valence-corrected chi connectivity index (χ4v) is 1.53.